The Morgan fingerprint density at radius 3 is 2.39 bits per heavy atom. The zero-order valence-electron chi connectivity index (χ0n) is 12.9. The van der Waals surface area contributed by atoms with Gasteiger partial charge in [0, 0.05) is 12.4 Å². The summed E-state index contributed by atoms with van der Waals surface area (Å²) in [5.41, 5.74) is 0.919. The molecule has 0 atom stereocenters. The van der Waals surface area contributed by atoms with Gasteiger partial charge in [-0.05, 0) is 55.3 Å². The van der Waals surface area contributed by atoms with Crippen LogP contribution in [0.5, 0.6) is 5.75 Å². The van der Waals surface area contributed by atoms with Crippen LogP contribution in [0.4, 0.5) is 0 Å². The molecule has 0 spiro atoms. The van der Waals surface area contributed by atoms with Gasteiger partial charge in [0.05, 0.1) is 5.54 Å². The first-order valence-electron chi connectivity index (χ1n) is 7.06. The van der Waals surface area contributed by atoms with Crippen molar-refractivity contribution in [3.8, 4) is 11.8 Å². The Bertz CT molecular complexity index is 757. The van der Waals surface area contributed by atoms with Gasteiger partial charge in [0.15, 0.2) is 0 Å². The number of benzene rings is 1. The van der Waals surface area contributed by atoms with Gasteiger partial charge in [0.1, 0.15) is 17.4 Å². The van der Waals surface area contributed by atoms with E-state index >= 15 is 0 Å². The van der Waals surface area contributed by atoms with Crippen LogP contribution in [-0.2, 0) is 10.3 Å². The Balaban J connectivity index is 2.21. The molecule has 0 saturated carbocycles. The van der Waals surface area contributed by atoms with Crippen molar-refractivity contribution in [2.75, 3.05) is 0 Å². The number of hydrogen-bond acceptors (Lipinski definition) is 4. The summed E-state index contributed by atoms with van der Waals surface area (Å²) >= 11 is 0. The molecule has 1 aromatic carbocycles. The molecule has 0 bridgehead atoms. The molecule has 2 aromatic rings. The minimum Gasteiger partial charge on any atom is -0.508 e. The standard InChI is InChI=1S/C18H17N3O2/c1-18(2,15-7-9-20-10-8-15)21-17(23)14(12-19)11-13-3-5-16(22)6-4-13/h3-11,22H,1-2H3,(H,21,23)/b14-11+. The third kappa shape index (κ3) is 4.17. The van der Waals surface area contributed by atoms with Crippen LogP contribution in [0.3, 0.4) is 0 Å². The van der Waals surface area contributed by atoms with Crippen molar-refractivity contribution < 1.29 is 9.90 Å². The summed E-state index contributed by atoms with van der Waals surface area (Å²) in [6, 6.07) is 11.8. The lowest BCUT2D eigenvalue weighted by Gasteiger charge is -2.26. The van der Waals surface area contributed by atoms with Gasteiger partial charge >= 0.3 is 0 Å². The van der Waals surface area contributed by atoms with Crippen molar-refractivity contribution in [2.45, 2.75) is 19.4 Å². The molecule has 2 rings (SSSR count). The van der Waals surface area contributed by atoms with Crippen molar-refractivity contribution in [2.24, 2.45) is 0 Å². The van der Waals surface area contributed by atoms with Crippen LogP contribution >= 0.6 is 0 Å². The third-order valence-corrected chi connectivity index (χ3v) is 3.40. The minimum absolute atomic E-state index is 0.00202. The molecule has 5 heteroatoms. The van der Waals surface area contributed by atoms with Crippen molar-refractivity contribution in [1.82, 2.24) is 10.3 Å². The molecule has 23 heavy (non-hydrogen) atoms. The van der Waals surface area contributed by atoms with E-state index < -0.39 is 11.4 Å². The number of aromatic hydroxyl groups is 1. The Morgan fingerprint density at radius 1 is 1.22 bits per heavy atom. The molecule has 0 fully saturated rings. The molecule has 0 aliphatic heterocycles. The zero-order valence-corrected chi connectivity index (χ0v) is 12.9. The largest absolute Gasteiger partial charge is 0.508 e. The summed E-state index contributed by atoms with van der Waals surface area (Å²) in [6.45, 7) is 3.71. The number of nitrogens with one attached hydrogen (secondary N) is 1. The number of carbonyl (C=O) groups excluding carboxylic acids is 1. The smallest absolute Gasteiger partial charge is 0.262 e. The quantitative estimate of drug-likeness (QED) is 0.671. The summed E-state index contributed by atoms with van der Waals surface area (Å²) in [5.74, 6) is -0.327. The van der Waals surface area contributed by atoms with E-state index in [-0.39, 0.29) is 11.3 Å². The molecule has 0 aliphatic carbocycles. The fraction of sp³-hybridized carbons (Fsp3) is 0.167. The van der Waals surface area contributed by atoms with E-state index in [9.17, 15) is 15.2 Å². The third-order valence-electron chi connectivity index (χ3n) is 3.40. The SMILES string of the molecule is CC(C)(NC(=O)/C(C#N)=C/c1ccc(O)cc1)c1ccncc1. The van der Waals surface area contributed by atoms with E-state index in [1.165, 1.54) is 18.2 Å². The second kappa shape index (κ2) is 6.75. The molecule has 5 nitrogen and oxygen atoms in total. The number of amides is 1. The van der Waals surface area contributed by atoms with Crippen molar-refractivity contribution in [3.05, 3.63) is 65.5 Å². The van der Waals surface area contributed by atoms with Crippen LogP contribution in [0.2, 0.25) is 0 Å². The highest BCUT2D eigenvalue weighted by molar-refractivity contribution is 6.02. The van der Waals surface area contributed by atoms with E-state index in [1.807, 2.05) is 32.0 Å². The van der Waals surface area contributed by atoms with E-state index in [1.54, 1.807) is 24.5 Å². The lowest BCUT2D eigenvalue weighted by Crippen LogP contribution is -2.41. The maximum absolute atomic E-state index is 12.4. The van der Waals surface area contributed by atoms with E-state index in [0.29, 0.717) is 5.56 Å². The number of carbonyl (C=O) groups is 1. The van der Waals surface area contributed by atoms with E-state index in [4.69, 9.17) is 0 Å². The first-order chi connectivity index (χ1) is 10.9. The Kier molecular flexibility index (Phi) is 4.77. The normalized spacial score (nSPS) is 11.6. The van der Waals surface area contributed by atoms with Gasteiger partial charge < -0.3 is 10.4 Å². The topological polar surface area (TPSA) is 86.0 Å². The minimum atomic E-state index is -0.634. The lowest BCUT2D eigenvalue weighted by atomic mass is 9.95. The van der Waals surface area contributed by atoms with Crippen molar-refractivity contribution >= 4 is 12.0 Å². The molecular formula is C18H17N3O2. The fourth-order valence-electron chi connectivity index (χ4n) is 2.08. The summed E-state index contributed by atoms with van der Waals surface area (Å²) in [6.07, 6.45) is 4.79. The second-order valence-electron chi connectivity index (χ2n) is 5.58. The molecule has 1 aromatic heterocycles. The van der Waals surface area contributed by atoms with Gasteiger partial charge in [-0.2, -0.15) is 5.26 Å². The molecule has 1 heterocycles. The summed E-state index contributed by atoms with van der Waals surface area (Å²) in [4.78, 5) is 16.3. The Hall–Kier alpha value is -3.13. The number of pyridine rings is 1. The number of phenolic OH excluding ortho intramolecular Hbond substituents is 1. The maximum atomic E-state index is 12.4. The first-order valence-corrected chi connectivity index (χ1v) is 7.06. The highest BCUT2D eigenvalue weighted by atomic mass is 16.3. The summed E-state index contributed by atoms with van der Waals surface area (Å²) < 4.78 is 0. The molecule has 2 N–H and O–H groups in total. The van der Waals surface area contributed by atoms with E-state index in [2.05, 4.69) is 10.3 Å². The van der Waals surface area contributed by atoms with Crippen LogP contribution in [0.1, 0.15) is 25.0 Å². The summed E-state index contributed by atoms with van der Waals surface area (Å²) in [7, 11) is 0. The van der Waals surface area contributed by atoms with Crippen LogP contribution in [0.25, 0.3) is 6.08 Å². The fourth-order valence-corrected chi connectivity index (χ4v) is 2.08. The molecule has 0 radical (unpaired) electrons. The number of rotatable bonds is 4. The molecule has 0 aliphatic rings. The Labute approximate surface area is 134 Å². The number of phenols is 1. The highest BCUT2D eigenvalue weighted by Crippen LogP contribution is 2.20. The van der Waals surface area contributed by atoms with Crippen LogP contribution < -0.4 is 5.32 Å². The van der Waals surface area contributed by atoms with Gasteiger partial charge in [0.2, 0.25) is 0 Å². The van der Waals surface area contributed by atoms with Crippen LogP contribution in [0, 0.1) is 11.3 Å². The van der Waals surface area contributed by atoms with Gasteiger partial charge in [-0.15, -0.1) is 0 Å². The van der Waals surface area contributed by atoms with Crippen LogP contribution in [0.15, 0.2) is 54.4 Å². The van der Waals surface area contributed by atoms with Gasteiger partial charge in [-0.1, -0.05) is 12.1 Å². The average molecular weight is 307 g/mol. The van der Waals surface area contributed by atoms with Gasteiger partial charge in [0.25, 0.3) is 5.91 Å². The molecule has 116 valence electrons. The van der Waals surface area contributed by atoms with Crippen molar-refractivity contribution in [3.63, 3.8) is 0 Å². The first kappa shape index (κ1) is 16.2. The lowest BCUT2D eigenvalue weighted by molar-refractivity contribution is -0.118. The second-order valence-corrected chi connectivity index (χ2v) is 5.58. The average Bonchev–Trinajstić information content (AvgIpc) is 2.54. The highest BCUT2D eigenvalue weighted by Gasteiger charge is 2.24. The number of hydrogen-bond donors (Lipinski definition) is 2. The molecule has 0 saturated heterocycles. The monoisotopic (exact) mass is 307 g/mol. The number of nitrogens with zero attached hydrogens (tertiary/aromatic N) is 2. The van der Waals surface area contributed by atoms with Crippen LogP contribution in [-0.4, -0.2) is 16.0 Å². The molecular weight excluding hydrogens is 290 g/mol. The van der Waals surface area contributed by atoms with E-state index in [0.717, 1.165) is 5.56 Å². The van der Waals surface area contributed by atoms with Gasteiger partial charge in [-0.25, -0.2) is 0 Å². The predicted octanol–water partition coefficient (Wildman–Crippen LogP) is 2.75. The number of aromatic nitrogens is 1. The van der Waals surface area contributed by atoms with Crippen molar-refractivity contribution in [1.29, 1.82) is 5.26 Å². The molecule has 0 unspecified atom stereocenters. The molecule has 1 amide bonds. The predicted molar refractivity (Wildman–Crippen MR) is 87.1 cm³/mol. The number of nitriles is 1. The maximum Gasteiger partial charge on any atom is 0.262 e. The Morgan fingerprint density at radius 2 is 1.83 bits per heavy atom. The van der Waals surface area contributed by atoms with Gasteiger partial charge in [-0.3, -0.25) is 9.78 Å². The zero-order chi connectivity index (χ0) is 16.9. The summed E-state index contributed by atoms with van der Waals surface area (Å²) in [5, 5.41) is 21.4.